The molecule has 143 valence electrons. The summed E-state index contributed by atoms with van der Waals surface area (Å²) in [6, 6.07) is -0.312. The van der Waals surface area contributed by atoms with Gasteiger partial charge in [0, 0.05) is 25.2 Å². The molecule has 2 N–H and O–H groups in total. The molecule has 8 nitrogen and oxygen atoms in total. The van der Waals surface area contributed by atoms with Crippen molar-refractivity contribution in [2.75, 3.05) is 30.9 Å². The lowest BCUT2D eigenvalue weighted by molar-refractivity contribution is -0.130. The van der Waals surface area contributed by atoms with E-state index in [1.807, 2.05) is 0 Å². The zero-order valence-electron chi connectivity index (χ0n) is 14.4. The van der Waals surface area contributed by atoms with Gasteiger partial charge in [-0.25, -0.2) is 16.8 Å². The Hall–Kier alpha value is -0.710. The number of amides is 1. The van der Waals surface area contributed by atoms with Gasteiger partial charge in [-0.1, -0.05) is 0 Å². The van der Waals surface area contributed by atoms with Crippen LogP contribution in [0.3, 0.4) is 0 Å². The summed E-state index contributed by atoms with van der Waals surface area (Å²) in [7, 11) is -6.71. The molecular weight excluding hydrogens is 366 g/mol. The second kappa shape index (κ2) is 6.47. The maximum atomic E-state index is 12.2. The van der Waals surface area contributed by atoms with E-state index in [4.69, 9.17) is 5.73 Å². The summed E-state index contributed by atoms with van der Waals surface area (Å²) in [5.74, 6) is -0.464. The molecule has 3 saturated heterocycles. The number of fused-ring (bicyclic) bond motifs is 2. The molecule has 1 amide bonds. The number of carbonyl (C=O) groups is 1. The average molecular weight is 393 g/mol. The Kier molecular flexibility index (Phi) is 4.93. The second-order valence-electron chi connectivity index (χ2n) is 7.44. The summed E-state index contributed by atoms with van der Waals surface area (Å²) >= 11 is 0. The number of hydrogen-bond donors (Lipinski definition) is 1. The van der Waals surface area contributed by atoms with Crippen LogP contribution in [0.5, 0.6) is 0 Å². The molecule has 0 aromatic carbocycles. The maximum absolute atomic E-state index is 12.2. The van der Waals surface area contributed by atoms with Gasteiger partial charge < -0.3 is 5.73 Å². The van der Waals surface area contributed by atoms with Crippen LogP contribution >= 0.6 is 0 Å². The van der Waals surface area contributed by atoms with Gasteiger partial charge in [0.15, 0.2) is 9.84 Å². The Balaban J connectivity index is 1.76. The largest absolute Gasteiger partial charge is 0.368 e. The van der Waals surface area contributed by atoms with Crippen LogP contribution in [0.25, 0.3) is 0 Å². The first kappa shape index (κ1) is 19.1. The molecule has 0 aromatic heterocycles. The average Bonchev–Trinajstić information content (AvgIpc) is 2.92. The van der Waals surface area contributed by atoms with Gasteiger partial charge >= 0.3 is 0 Å². The summed E-state index contributed by atoms with van der Waals surface area (Å²) in [5.41, 5.74) is 4.95. The fraction of sp³-hybridized carbons (Fsp3) is 0.867. The van der Waals surface area contributed by atoms with Gasteiger partial charge in [-0.3, -0.25) is 9.69 Å². The van der Waals surface area contributed by atoms with E-state index < -0.39 is 31.4 Å². The molecule has 3 aliphatic heterocycles. The van der Waals surface area contributed by atoms with Crippen LogP contribution in [0.4, 0.5) is 0 Å². The Morgan fingerprint density at radius 3 is 2.68 bits per heavy atom. The number of sulfone groups is 1. The van der Waals surface area contributed by atoms with Crippen molar-refractivity contribution in [3.63, 3.8) is 0 Å². The first-order chi connectivity index (χ1) is 11.6. The van der Waals surface area contributed by atoms with E-state index in [0.29, 0.717) is 25.8 Å². The van der Waals surface area contributed by atoms with Gasteiger partial charge in [0.1, 0.15) is 5.54 Å². The van der Waals surface area contributed by atoms with Crippen molar-refractivity contribution in [3.8, 4) is 0 Å². The predicted molar refractivity (Wildman–Crippen MR) is 93.8 cm³/mol. The number of primary amides is 1. The van der Waals surface area contributed by atoms with Crippen molar-refractivity contribution < 1.29 is 21.6 Å². The SMILES string of the molecule is CS(=O)(=O)N(CCN1[C@@H]2C[CH]C[C@@]1(C(N)=O)CC2)[C@@H]1CCS(=O)(=O)C1. The van der Waals surface area contributed by atoms with E-state index in [1.54, 1.807) is 0 Å². The van der Waals surface area contributed by atoms with E-state index >= 15 is 0 Å². The zero-order valence-corrected chi connectivity index (χ0v) is 16.1. The van der Waals surface area contributed by atoms with Gasteiger partial charge in [0.2, 0.25) is 15.9 Å². The van der Waals surface area contributed by atoms with Crippen molar-refractivity contribution >= 4 is 25.8 Å². The third-order valence-corrected chi connectivity index (χ3v) is 8.95. The maximum Gasteiger partial charge on any atom is 0.237 e. The van der Waals surface area contributed by atoms with E-state index in [0.717, 1.165) is 19.1 Å². The van der Waals surface area contributed by atoms with Gasteiger partial charge in [-0.2, -0.15) is 4.31 Å². The molecule has 0 saturated carbocycles. The van der Waals surface area contributed by atoms with Crippen molar-refractivity contribution in [1.82, 2.24) is 9.21 Å². The molecule has 0 aromatic rings. The third kappa shape index (κ3) is 3.58. The van der Waals surface area contributed by atoms with Crippen molar-refractivity contribution in [3.05, 3.63) is 6.42 Å². The van der Waals surface area contributed by atoms with Crippen LogP contribution in [0.1, 0.15) is 32.1 Å². The fourth-order valence-corrected chi connectivity index (χ4v) is 7.58. The van der Waals surface area contributed by atoms with Crippen molar-refractivity contribution in [1.29, 1.82) is 0 Å². The van der Waals surface area contributed by atoms with Crippen LogP contribution in [0.15, 0.2) is 0 Å². The minimum Gasteiger partial charge on any atom is -0.368 e. The molecule has 3 rings (SSSR count). The molecular formula is C15H26N3O5S2. The predicted octanol–water partition coefficient (Wildman–Crippen LogP) is -0.878. The lowest BCUT2D eigenvalue weighted by Crippen LogP contribution is -2.60. The highest BCUT2D eigenvalue weighted by Crippen LogP contribution is 2.43. The Labute approximate surface area is 149 Å². The lowest BCUT2D eigenvalue weighted by atomic mass is 9.87. The second-order valence-corrected chi connectivity index (χ2v) is 11.6. The van der Waals surface area contributed by atoms with E-state index in [2.05, 4.69) is 11.3 Å². The molecule has 2 bridgehead atoms. The highest BCUT2D eigenvalue weighted by Gasteiger charge is 2.52. The first-order valence-electron chi connectivity index (χ1n) is 8.61. The molecule has 3 aliphatic rings. The van der Waals surface area contributed by atoms with Gasteiger partial charge in [0.05, 0.1) is 17.8 Å². The topological polar surface area (TPSA) is 118 Å². The molecule has 0 unspecified atom stereocenters. The molecule has 3 atom stereocenters. The van der Waals surface area contributed by atoms with E-state index in [9.17, 15) is 21.6 Å². The van der Waals surface area contributed by atoms with E-state index in [1.165, 1.54) is 4.31 Å². The molecule has 3 fully saturated rings. The van der Waals surface area contributed by atoms with Crippen LogP contribution < -0.4 is 5.73 Å². The summed E-state index contributed by atoms with van der Waals surface area (Å²) < 4.78 is 49.2. The summed E-state index contributed by atoms with van der Waals surface area (Å²) in [6.07, 6.45) is 6.56. The molecule has 0 spiro atoms. The standard InChI is InChI=1S/C15H26N3O5S2/c1-24(20,21)18(13-5-10-25(22,23)11-13)9-8-17-12-3-2-6-15(17,7-4-12)14(16)19/h2,12-13H,3-11H2,1H3,(H2,16,19)/t12-,13-,15+/m1/s1. The molecule has 3 heterocycles. The number of sulfonamides is 1. The van der Waals surface area contributed by atoms with Crippen LogP contribution in [0, 0.1) is 6.42 Å². The smallest absolute Gasteiger partial charge is 0.237 e. The lowest BCUT2D eigenvalue weighted by Gasteiger charge is -2.43. The van der Waals surface area contributed by atoms with Gasteiger partial charge in [-0.05, 0) is 38.5 Å². The third-order valence-electron chi connectivity index (χ3n) is 5.86. The summed E-state index contributed by atoms with van der Waals surface area (Å²) in [5, 5.41) is 0. The number of rotatable bonds is 6. The molecule has 0 aliphatic carbocycles. The minimum atomic E-state index is -3.54. The van der Waals surface area contributed by atoms with Crippen LogP contribution in [0.2, 0.25) is 0 Å². The highest BCUT2D eigenvalue weighted by atomic mass is 32.2. The van der Waals surface area contributed by atoms with Gasteiger partial charge in [-0.15, -0.1) is 0 Å². The first-order valence-corrected chi connectivity index (χ1v) is 12.3. The number of piperidine rings is 1. The Bertz CT molecular complexity index is 747. The van der Waals surface area contributed by atoms with Crippen molar-refractivity contribution in [2.24, 2.45) is 5.73 Å². The Morgan fingerprint density at radius 2 is 2.12 bits per heavy atom. The van der Waals surface area contributed by atoms with Crippen LogP contribution in [-0.2, 0) is 24.7 Å². The van der Waals surface area contributed by atoms with Gasteiger partial charge in [0.25, 0.3) is 0 Å². The number of nitrogens with zero attached hydrogens (tertiary/aromatic N) is 2. The zero-order chi connectivity index (χ0) is 18.5. The van der Waals surface area contributed by atoms with Crippen LogP contribution in [-0.4, -0.2) is 80.4 Å². The normalized spacial score (nSPS) is 35.3. The summed E-state index contributed by atoms with van der Waals surface area (Å²) in [6.45, 7) is 0.579. The number of carbonyl (C=O) groups excluding carboxylic acids is 1. The monoisotopic (exact) mass is 392 g/mol. The number of hydrogen-bond acceptors (Lipinski definition) is 6. The molecule has 10 heteroatoms. The highest BCUT2D eigenvalue weighted by molar-refractivity contribution is 7.92. The van der Waals surface area contributed by atoms with E-state index in [-0.39, 0.29) is 30.0 Å². The number of nitrogens with two attached hydrogens (primary N) is 1. The summed E-state index contributed by atoms with van der Waals surface area (Å²) in [4.78, 5) is 14.1. The molecule has 25 heavy (non-hydrogen) atoms. The van der Waals surface area contributed by atoms with Crippen molar-refractivity contribution in [2.45, 2.75) is 49.7 Å². The minimum absolute atomic E-state index is 0.0240. The quantitative estimate of drug-likeness (QED) is 0.627. The fourth-order valence-electron chi connectivity index (χ4n) is 4.62. The Morgan fingerprint density at radius 1 is 1.40 bits per heavy atom. The molecule has 1 radical (unpaired) electrons.